The summed E-state index contributed by atoms with van der Waals surface area (Å²) in [6, 6.07) is 5.47. The van der Waals surface area contributed by atoms with E-state index in [1.807, 2.05) is 24.0 Å². The molecule has 1 heterocycles. The molecule has 1 amide bonds. The Morgan fingerprint density at radius 1 is 1.15 bits per heavy atom. The van der Waals surface area contributed by atoms with Crippen molar-refractivity contribution in [2.45, 2.75) is 33.1 Å². The van der Waals surface area contributed by atoms with Gasteiger partial charge in [-0.05, 0) is 44.4 Å². The molecule has 0 aliphatic carbocycles. The molecule has 4 nitrogen and oxygen atoms in total. The van der Waals surface area contributed by atoms with Crippen LogP contribution in [-0.4, -0.2) is 37.1 Å². The molecule has 2 rings (SSSR count). The minimum Gasteiger partial charge on any atom is -0.490 e. The number of hydrogen-bond donors (Lipinski definition) is 0. The number of benzene rings is 1. The molecule has 110 valence electrons. The zero-order valence-electron chi connectivity index (χ0n) is 12.4. The fraction of sp³-hybridized carbons (Fsp3) is 0.562. The first kappa shape index (κ1) is 14.7. The summed E-state index contributed by atoms with van der Waals surface area (Å²) >= 11 is 0. The molecule has 0 bridgehead atoms. The molecule has 1 aromatic carbocycles. The van der Waals surface area contributed by atoms with Crippen molar-refractivity contribution in [2.75, 3.05) is 26.3 Å². The summed E-state index contributed by atoms with van der Waals surface area (Å²) in [5.74, 6) is 1.46. The molecular formula is C16H23NO3. The summed E-state index contributed by atoms with van der Waals surface area (Å²) in [5.41, 5.74) is 0.680. The van der Waals surface area contributed by atoms with Gasteiger partial charge in [-0.2, -0.15) is 0 Å². The molecule has 0 radical (unpaired) electrons. The third kappa shape index (κ3) is 3.44. The van der Waals surface area contributed by atoms with Crippen LogP contribution in [0.3, 0.4) is 0 Å². The Labute approximate surface area is 120 Å². The van der Waals surface area contributed by atoms with Gasteiger partial charge in [0.05, 0.1) is 13.2 Å². The van der Waals surface area contributed by atoms with Crippen molar-refractivity contribution in [3.8, 4) is 11.5 Å². The van der Waals surface area contributed by atoms with Crippen LogP contribution in [0.15, 0.2) is 18.2 Å². The molecule has 0 aromatic heterocycles. The van der Waals surface area contributed by atoms with Crippen LogP contribution in [0.25, 0.3) is 0 Å². The summed E-state index contributed by atoms with van der Waals surface area (Å²) in [4.78, 5) is 14.3. The van der Waals surface area contributed by atoms with Crippen molar-refractivity contribution in [2.24, 2.45) is 0 Å². The number of carbonyl (C=O) groups excluding carboxylic acids is 1. The van der Waals surface area contributed by atoms with Crippen molar-refractivity contribution in [3.63, 3.8) is 0 Å². The average Bonchev–Trinajstić information content (AvgIpc) is 2.99. The molecule has 1 fully saturated rings. The van der Waals surface area contributed by atoms with E-state index in [2.05, 4.69) is 6.92 Å². The van der Waals surface area contributed by atoms with Crippen molar-refractivity contribution in [1.29, 1.82) is 0 Å². The lowest BCUT2D eigenvalue weighted by Gasteiger charge is -2.17. The highest BCUT2D eigenvalue weighted by Crippen LogP contribution is 2.29. The molecular weight excluding hydrogens is 254 g/mol. The van der Waals surface area contributed by atoms with Gasteiger partial charge in [0.15, 0.2) is 11.5 Å². The number of nitrogens with zero attached hydrogens (tertiary/aromatic N) is 1. The van der Waals surface area contributed by atoms with Crippen LogP contribution in [0.5, 0.6) is 11.5 Å². The van der Waals surface area contributed by atoms with Crippen LogP contribution < -0.4 is 9.47 Å². The lowest BCUT2D eigenvalue weighted by molar-refractivity contribution is 0.0792. The van der Waals surface area contributed by atoms with Gasteiger partial charge in [0.1, 0.15) is 0 Å². The second kappa shape index (κ2) is 7.17. The zero-order chi connectivity index (χ0) is 14.4. The van der Waals surface area contributed by atoms with E-state index in [4.69, 9.17) is 9.47 Å². The predicted molar refractivity (Wildman–Crippen MR) is 78.5 cm³/mol. The number of carbonyl (C=O) groups is 1. The van der Waals surface area contributed by atoms with Gasteiger partial charge < -0.3 is 14.4 Å². The van der Waals surface area contributed by atoms with E-state index in [0.717, 1.165) is 32.4 Å². The summed E-state index contributed by atoms with van der Waals surface area (Å²) < 4.78 is 11.2. The molecule has 4 heteroatoms. The van der Waals surface area contributed by atoms with Crippen LogP contribution in [0.4, 0.5) is 0 Å². The summed E-state index contributed by atoms with van der Waals surface area (Å²) in [6.45, 7) is 6.92. The number of ether oxygens (including phenoxy) is 2. The van der Waals surface area contributed by atoms with Crippen LogP contribution in [0.2, 0.25) is 0 Å². The lowest BCUT2D eigenvalue weighted by atomic mass is 10.1. The maximum Gasteiger partial charge on any atom is 0.253 e. The summed E-state index contributed by atoms with van der Waals surface area (Å²) in [5, 5.41) is 0. The fourth-order valence-corrected chi connectivity index (χ4v) is 2.34. The van der Waals surface area contributed by atoms with Gasteiger partial charge in [-0.25, -0.2) is 0 Å². The highest BCUT2D eigenvalue weighted by molar-refractivity contribution is 5.95. The molecule has 0 spiro atoms. The van der Waals surface area contributed by atoms with E-state index < -0.39 is 0 Å². The Balaban J connectivity index is 2.17. The Kier molecular flexibility index (Phi) is 5.27. The van der Waals surface area contributed by atoms with E-state index in [9.17, 15) is 4.79 Å². The monoisotopic (exact) mass is 277 g/mol. The number of rotatable bonds is 6. The van der Waals surface area contributed by atoms with Gasteiger partial charge in [0.25, 0.3) is 5.91 Å². The largest absolute Gasteiger partial charge is 0.490 e. The molecule has 0 saturated carbocycles. The Bertz CT molecular complexity index is 453. The minimum atomic E-state index is 0.0884. The van der Waals surface area contributed by atoms with Gasteiger partial charge >= 0.3 is 0 Å². The van der Waals surface area contributed by atoms with Gasteiger partial charge in [-0.1, -0.05) is 6.92 Å². The van der Waals surface area contributed by atoms with Crippen LogP contribution >= 0.6 is 0 Å². The second-order valence-electron chi connectivity index (χ2n) is 4.94. The van der Waals surface area contributed by atoms with Gasteiger partial charge in [0.2, 0.25) is 0 Å². The SMILES string of the molecule is CCCOc1ccc(C(=O)N2CCCC2)cc1OCC. The molecule has 1 saturated heterocycles. The lowest BCUT2D eigenvalue weighted by Crippen LogP contribution is -2.27. The molecule has 0 unspecified atom stereocenters. The van der Waals surface area contributed by atoms with Crippen LogP contribution in [0, 0.1) is 0 Å². The average molecular weight is 277 g/mol. The normalized spacial score (nSPS) is 14.4. The highest BCUT2D eigenvalue weighted by atomic mass is 16.5. The van der Waals surface area contributed by atoms with Crippen LogP contribution in [-0.2, 0) is 0 Å². The Morgan fingerprint density at radius 2 is 1.90 bits per heavy atom. The smallest absolute Gasteiger partial charge is 0.253 e. The first-order valence-electron chi connectivity index (χ1n) is 7.45. The third-order valence-corrected chi connectivity index (χ3v) is 3.35. The Hall–Kier alpha value is -1.71. The van der Waals surface area contributed by atoms with E-state index >= 15 is 0 Å². The van der Waals surface area contributed by atoms with Crippen molar-refractivity contribution >= 4 is 5.91 Å². The molecule has 0 N–H and O–H groups in total. The maximum absolute atomic E-state index is 12.4. The minimum absolute atomic E-state index is 0.0884. The van der Waals surface area contributed by atoms with E-state index in [1.54, 1.807) is 6.07 Å². The number of hydrogen-bond acceptors (Lipinski definition) is 3. The highest BCUT2D eigenvalue weighted by Gasteiger charge is 2.20. The molecule has 1 aromatic rings. The molecule has 20 heavy (non-hydrogen) atoms. The van der Waals surface area contributed by atoms with Crippen molar-refractivity contribution in [1.82, 2.24) is 4.90 Å². The fourth-order valence-electron chi connectivity index (χ4n) is 2.34. The predicted octanol–water partition coefficient (Wildman–Crippen LogP) is 3.11. The molecule has 0 atom stereocenters. The zero-order valence-corrected chi connectivity index (χ0v) is 12.4. The summed E-state index contributed by atoms with van der Waals surface area (Å²) in [7, 11) is 0. The van der Waals surface area contributed by atoms with E-state index in [0.29, 0.717) is 30.3 Å². The maximum atomic E-state index is 12.4. The number of likely N-dealkylation sites (tertiary alicyclic amines) is 1. The third-order valence-electron chi connectivity index (χ3n) is 3.35. The van der Waals surface area contributed by atoms with Crippen molar-refractivity contribution < 1.29 is 14.3 Å². The van der Waals surface area contributed by atoms with Crippen molar-refractivity contribution in [3.05, 3.63) is 23.8 Å². The Morgan fingerprint density at radius 3 is 2.55 bits per heavy atom. The standard InChI is InChI=1S/C16H23NO3/c1-3-11-20-14-8-7-13(12-15(14)19-4-2)16(18)17-9-5-6-10-17/h7-8,12H,3-6,9-11H2,1-2H3. The second-order valence-corrected chi connectivity index (χ2v) is 4.94. The van der Waals surface area contributed by atoms with E-state index in [-0.39, 0.29) is 5.91 Å². The van der Waals surface area contributed by atoms with Crippen LogP contribution in [0.1, 0.15) is 43.5 Å². The number of amides is 1. The molecule has 1 aliphatic rings. The first-order chi connectivity index (χ1) is 9.76. The topological polar surface area (TPSA) is 38.8 Å². The molecule has 1 aliphatic heterocycles. The van der Waals surface area contributed by atoms with Gasteiger partial charge in [-0.3, -0.25) is 4.79 Å². The first-order valence-corrected chi connectivity index (χ1v) is 7.45. The van der Waals surface area contributed by atoms with Gasteiger partial charge in [-0.15, -0.1) is 0 Å². The summed E-state index contributed by atoms with van der Waals surface area (Å²) in [6.07, 6.45) is 3.14. The van der Waals surface area contributed by atoms with E-state index in [1.165, 1.54) is 0 Å². The van der Waals surface area contributed by atoms with Gasteiger partial charge in [0, 0.05) is 18.7 Å². The quantitative estimate of drug-likeness (QED) is 0.802.